The van der Waals surface area contributed by atoms with Crippen molar-refractivity contribution in [3.63, 3.8) is 0 Å². The van der Waals surface area contributed by atoms with Crippen molar-refractivity contribution in [2.75, 3.05) is 6.61 Å². The van der Waals surface area contributed by atoms with E-state index in [1.165, 1.54) is 0 Å². The predicted octanol–water partition coefficient (Wildman–Crippen LogP) is 2.20. The van der Waals surface area contributed by atoms with Crippen LogP contribution >= 0.6 is 0 Å². The summed E-state index contributed by atoms with van der Waals surface area (Å²) in [5.74, 6) is 1.38. The molecule has 2 aliphatic rings. The lowest BCUT2D eigenvalue weighted by molar-refractivity contribution is -0.218. The second-order valence-electron chi connectivity index (χ2n) is 4.86. The molecule has 15 heavy (non-hydrogen) atoms. The van der Waals surface area contributed by atoms with Crippen molar-refractivity contribution >= 4 is 5.97 Å². The van der Waals surface area contributed by atoms with Crippen LogP contribution in [0.25, 0.3) is 0 Å². The smallest absolute Gasteiger partial charge is 0.311 e. The molecule has 3 nitrogen and oxygen atoms in total. The maximum Gasteiger partial charge on any atom is 0.311 e. The molecule has 0 aromatic rings. The van der Waals surface area contributed by atoms with Crippen LogP contribution in [-0.2, 0) is 14.3 Å². The normalized spacial score (nSPS) is 45.0. The SMILES string of the molecule is CCOC1OC(=O)C2C(C)CCC2C1C. The van der Waals surface area contributed by atoms with Crippen LogP contribution in [0.15, 0.2) is 0 Å². The Kier molecular flexibility index (Phi) is 3.01. The molecule has 0 aromatic carbocycles. The van der Waals surface area contributed by atoms with Gasteiger partial charge >= 0.3 is 5.97 Å². The van der Waals surface area contributed by atoms with Crippen LogP contribution in [0.2, 0.25) is 0 Å². The van der Waals surface area contributed by atoms with Crippen LogP contribution in [0.3, 0.4) is 0 Å². The topological polar surface area (TPSA) is 35.5 Å². The van der Waals surface area contributed by atoms with E-state index in [1.807, 2.05) is 6.92 Å². The zero-order chi connectivity index (χ0) is 11.0. The van der Waals surface area contributed by atoms with E-state index in [1.54, 1.807) is 0 Å². The van der Waals surface area contributed by atoms with Gasteiger partial charge in [-0.2, -0.15) is 0 Å². The highest BCUT2D eigenvalue weighted by atomic mass is 16.7. The van der Waals surface area contributed by atoms with Gasteiger partial charge < -0.3 is 9.47 Å². The zero-order valence-electron chi connectivity index (χ0n) is 9.73. The standard InChI is InChI=1S/C12H20O3/c1-4-14-12-8(3)9-6-5-7(2)10(9)11(13)15-12/h7-10,12H,4-6H2,1-3H3. The molecule has 86 valence electrons. The number of rotatable bonds is 2. The van der Waals surface area contributed by atoms with Gasteiger partial charge in [0.25, 0.3) is 0 Å². The van der Waals surface area contributed by atoms with Crippen molar-refractivity contribution in [3.8, 4) is 0 Å². The number of hydrogen-bond acceptors (Lipinski definition) is 3. The Bertz CT molecular complexity index is 251. The van der Waals surface area contributed by atoms with Gasteiger partial charge in [-0.25, -0.2) is 0 Å². The fourth-order valence-electron chi connectivity index (χ4n) is 3.09. The second kappa shape index (κ2) is 4.12. The van der Waals surface area contributed by atoms with Gasteiger partial charge in [0.15, 0.2) is 0 Å². The van der Waals surface area contributed by atoms with E-state index in [-0.39, 0.29) is 18.2 Å². The molecule has 0 spiro atoms. The first-order valence-electron chi connectivity index (χ1n) is 5.97. The summed E-state index contributed by atoms with van der Waals surface area (Å²) in [6.07, 6.45) is 1.98. The molecular formula is C12H20O3. The second-order valence-corrected chi connectivity index (χ2v) is 4.86. The Hall–Kier alpha value is -0.570. The molecule has 0 amide bonds. The number of carbonyl (C=O) groups is 1. The van der Waals surface area contributed by atoms with E-state index < -0.39 is 0 Å². The largest absolute Gasteiger partial charge is 0.435 e. The van der Waals surface area contributed by atoms with E-state index in [2.05, 4.69) is 13.8 Å². The maximum absolute atomic E-state index is 11.8. The highest BCUT2D eigenvalue weighted by molar-refractivity contribution is 5.74. The average molecular weight is 212 g/mol. The number of cyclic esters (lactones) is 1. The van der Waals surface area contributed by atoms with Gasteiger partial charge in [0, 0.05) is 12.5 Å². The molecular weight excluding hydrogens is 192 g/mol. The first-order chi connectivity index (χ1) is 7.15. The molecule has 1 heterocycles. The van der Waals surface area contributed by atoms with Gasteiger partial charge in [-0.05, 0) is 31.6 Å². The fraction of sp³-hybridized carbons (Fsp3) is 0.917. The third kappa shape index (κ3) is 1.78. The summed E-state index contributed by atoms with van der Waals surface area (Å²) in [5.41, 5.74) is 0. The summed E-state index contributed by atoms with van der Waals surface area (Å²) < 4.78 is 10.8. The molecule has 5 unspecified atom stereocenters. The quantitative estimate of drug-likeness (QED) is 0.658. The number of ether oxygens (including phenoxy) is 2. The molecule has 0 N–H and O–H groups in total. The van der Waals surface area contributed by atoms with Gasteiger partial charge in [-0.1, -0.05) is 13.8 Å². The van der Waals surface area contributed by atoms with E-state index in [0.29, 0.717) is 24.4 Å². The summed E-state index contributed by atoms with van der Waals surface area (Å²) in [7, 11) is 0. The van der Waals surface area contributed by atoms with Crippen LogP contribution in [0.4, 0.5) is 0 Å². The number of carbonyl (C=O) groups excluding carboxylic acids is 1. The molecule has 5 atom stereocenters. The van der Waals surface area contributed by atoms with Crippen molar-refractivity contribution in [1.29, 1.82) is 0 Å². The highest BCUT2D eigenvalue weighted by Crippen LogP contribution is 2.46. The minimum absolute atomic E-state index is 0.0402. The van der Waals surface area contributed by atoms with Crippen molar-refractivity contribution in [3.05, 3.63) is 0 Å². The lowest BCUT2D eigenvalue weighted by atomic mass is 9.80. The van der Waals surface area contributed by atoms with E-state index >= 15 is 0 Å². The van der Waals surface area contributed by atoms with E-state index in [9.17, 15) is 4.79 Å². The van der Waals surface area contributed by atoms with E-state index in [0.717, 1.165) is 12.8 Å². The van der Waals surface area contributed by atoms with Crippen LogP contribution in [0.5, 0.6) is 0 Å². The molecule has 1 saturated carbocycles. The highest BCUT2D eigenvalue weighted by Gasteiger charge is 2.49. The fourth-order valence-corrected chi connectivity index (χ4v) is 3.09. The molecule has 0 bridgehead atoms. The maximum atomic E-state index is 11.8. The van der Waals surface area contributed by atoms with Crippen LogP contribution in [-0.4, -0.2) is 18.9 Å². The average Bonchev–Trinajstić information content (AvgIpc) is 2.57. The molecule has 1 aliphatic heterocycles. The summed E-state index contributed by atoms with van der Waals surface area (Å²) in [4.78, 5) is 11.8. The monoisotopic (exact) mass is 212 g/mol. The number of hydrogen-bond donors (Lipinski definition) is 0. The van der Waals surface area contributed by atoms with Crippen LogP contribution in [0.1, 0.15) is 33.6 Å². The third-order valence-electron chi connectivity index (χ3n) is 3.97. The minimum atomic E-state index is -0.311. The van der Waals surface area contributed by atoms with Crippen molar-refractivity contribution in [2.24, 2.45) is 23.7 Å². The summed E-state index contributed by atoms with van der Waals surface area (Å²) in [5, 5.41) is 0. The van der Waals surface area contributed by atoms with Gasteiger partial charge in [0.1, 0.15) is 0 Å². The van der Waals surface area contributed by atoms with Crippen LogP contribution in [0, 0.1) is 23.7 Å². The zero-order valence-corrected chi connectivity index (χ0v) is 9.73. The Morgan fingerprint density at radius 1 is 1.40 bits per heavy atom. The van der Waals surface area contributed by atoms with Gasteiger partial charge in [-0.15, -0.1) is 0 Å². The lowest BCUT2D eigenvalue weighted by Crippen LogP contribution is -2.44. The summed E-state index contributed by atoms with van der Waals surface area (Å²) in [6.45, 7) is 6.83. The number of esters is 1. The molecule has 2 rings (SSSR count). The molecule has 0 aromatic heterocycles. The van der Waals surface area contributed by atoms with Crippen molar-refractivity contribution in [1.82, 2.24) is 0 Å². The summed E-state index contributed by atoms with van der Waals surface area (Å²) in [6, 6.07) is 0. The van der Waals surface area contributed by atoms with Gasteiger partial charge in [-0.3, -0.25) is 4.79 Å². The molecule has 3 heteroatoms. The molecule has 2 fully saturated rings. The van der Waals surface area contributed by atoms with Crippen LogP contribution < -0.4 is 0 Å². The van der Waals surface area contributed by atoms with Crippen molar-refractivity contribution < 1.29 is 14.3 Å². The third-order valence-corrected chi connectivity index (χ3v) is 3.97. The first-order valence-corrected chi connectivity index (χ1v) is 5.97. The molecule has 1 aliphatic carbocycles. The molecule has 0 radical (unpaired) electrons. The van der Waals surface area contributed by atoms with E-state index in [4.69, 9.17) is 9.47 Å². The van der Waals surface area contributed by atoms with Gasteiger partial charge in [0.05, 0.1) is 5.92 Å². The Labute approximate surface area is 91.1 Å². The summed E-state index contributed by atoms with van der Waals surface area (Å²) >= 11 is 0. The predicted molar refractivity (Wildman–Crippen MR) is 56.0 cm³/mol. The first kappa shape index (κ1) is 10.9. The Morgan fingerprint density at radius 3 is 2.80 bits per heavy atom. The minimum Gasteiger partial charge on any atom is -0.435 e. The number of fused-ring (bicyclic) bond motifs is 1. The van der Waals surface area contributed by atoms with Gasteiger partial charge in [0.2, 0.25) is 6.29 Å². The molecule has 1 saturated heterocycles. The van der Waals surface area contributed by atoms with Crippen molar-refractivity contribution in [2.45, 2.75) is 39.9 Å². The lowest BCUT2D eigenvalue weighted by Gasteiger charge is -2.37. The Morgan fingerprint density at radius 2 is 2.13 bits per heavy atom. The Balaban J connectivity index is 2.12.